The Labute approximate surface area is 265 Å². The second kappa shape index (κ2) is 11.7. The van der Waals surface area contributed by atoms with Crippen molar-refractivity contribution in [3.63, 3.8) is 0 Å². The number of hydrogen-bond acceptors (Lipinski definition) is 3. The fourth-order valence-corrected chi connectivity index (χ4v) is 8.03. The predicted octanol–water partition coefficient (Wildman–Crippen LogP) is 8.08. The summed E-state index contributed by atoms with van der Waals surface area (Å²) in [5.41, 5.74) is 13.3. The molecular weight excluding hydrogens is 550 g/mol. The first-order valence-electron chi connectivity index (χ1n) is 16.4. The van der Waals surface area contributed by atoms with Gasteiger partial charge in [-0.05, 0) is 105 Å². The fraction of sp³-hybridized carbons (Fsp3) is 0.244. The van der Waals surface area contributed by atoms with Gasteiger partial charge >= 0.3 is 0 Å². The summed E-state index contributed by atoms with van der Waals surface area (Å²) in [6.07, 6.45) is 4.62. The van der Waals surface area contributed by atoms with E-state index in [9.17, 15) is 4.79 Å². The molecule has 45 heavy (non-hydrogen) atoms. The summed E-state index contributed by atoms with van der Waals surface area (Å²) >= 11 is 0. The minimum absolute atomic E-state index is 0.377. The van der Waals surface area contributed by atoms with Gasteiger partial charge in [0, 0.05) is 49.9 Å². The number of hydrogen-bond donors (Lipinski definition) is 1. The Morgan fingerprint density at radius 1 is 0.667 bits per heavy atom. The van der Waals surface area contributed by atoms with Crippen molar-refractivity contribution >= 4 is 43.9 Å². The van der Waals surface area contributed by atoms with Gasteiger partial charge in [0.25, 0.3) is 0 Å². The van der Waals surface area contributed by atoms with E-state index in [1.165, 1.54) is 61.8 Å². The van der Waals surface area contributed by atoms with Crippen LogP contribution in [0.2, 0.25) is 0 Å². The third-order valence-corrected chi connectivity index (χ3v) is 10.4. The molecule has 0 aromatic heterocycles. The van der Waals surface area contributed by atoms with Crippen LogP contribution in [0.15, 0.2) is 109 Å². The lowest BCUT2D eigenvalue weighted by Gasteiger charge is -2.36. The van der Waals surface area contributed by atoms with Crippen LogP contribution in [-0.2, 0) is 12.8 Å². The third-order valence-electron chi connectivity index (χ3n) is 10.4. The highest BCUT2D eigenvalue weighted by molar-refractivity contribution is 6.09. The maximum Gasteiger partial charge on any atom is 0.248 e. The first-order chi connectivity index (χ1) is 22.1. The second-order valence-electron chi connectivity index (χ2n) is 12.8. The molecule has 6 aromatic carbocycles. The van der Waals surface area contributed by atoms with E-state index in [4.69, 9.17) is 5.73 Å². The highest BCUT2D eigenvalue weighted by Crippen LogP contribution is 2.43. The molecule has 4 heteroatoms. The van der Waals surface area contributed by atoms with Gasteiger partial charge in [0.15, 0.2) is 0 Å². The van der Waals surface area contributed by atoms with Crippen LogP contribution >= 0.6 is 0 Å². The number of piperazine rings is 1. The molecule has 1 saturated heterocycles. The van der Waals surface area contributed by atoms with Crippen LogP contribution in [0.5, 0.6) is 0 Å². The van der Waals surface area contributed by atoms with Crippen molar-refractivity contribution in [2.75, 3.05) is 37.6 Å². The van der Waals surface area contributed by atoms with Gasteiger partial charge in [-0.2, -0.15) is 0 Å². The van der Waals surface area contributed by atoms with Crippen molar-refractivity contribution in [3.8, 4) is 0 Å². The monoisotopic (exact) mass is 589 g/mol. The van der Waals surface area contributed by atoms with Gasteiger partial charge in [0.1, 0.15) is 0 Å². The van der Waals surface area contributed by atoms with Gasteiger partial charge < -0.3 is 10.6 Å². The Bertz CT molecular complexity index is 2040. The summed E-state index contributed by atoms with van der Waals surface area (Å²) in [4.78, 5) is 16.5. The molecular formula is C41H39N3O. The second-order valence-corrected chi connectivity index (χ2v) is 12.8. The van der Waals surface area contributed by atoms with Gasteiger partial charge in [-0.3, -0.25) is 9.69 Å². The predicted molar refractivity (Wildman–Crippen MR) is 187 cm³/mol. The third kappa shape index (κ3) is 5.13. The zero-order valence-corrected chi connectivity index (χ0v) is 25.7. The van der Waals surface area contributed by atoms with Crippen LogP contribution in [0.3, 0.4) is 0 Å². The SMILES string of the molecule is NC(=O)c1ccc(N2CCN(CCc3c(C4CCCc5c4ccc4c5ccc5ccccc54)ccc4ccccc34)CC2)cc1. The Balaban J connectivity index is 1.08. The summed E-state index contributed by atoms with van der Waals surface area (Å²) in [7, 11) is 0. The molecule has 1 atom stereocenters. The fourth-order valence-electron chi connectivity index (χ4n) is 8.03. The maximum atomic E-state index is 11.5. The zero-order valence-electron chi connectivity index (χ0n) is 25.7. The number of aryl methyl sites for hydroxylation is 1. The number of carbonyl (C=O) groups is 1. The summed E-state index contributed by atoms with van der Waals surface area (Å²) in [5, 5.41) is 8.23. The number of carbonyl (C=O) groups excluding carboxylic acids is 1. The van der Waals surface area contributed by atoms with Gasteiger partial charge in [0.05, 0.1) is 0 Å². The molecule has 1 aliphatic heterocycles. The van der Waals surface area contributed by atoms with Crippen LogP contribution in [0.25, 0.3) is 32.3 Å². The molecule has 1 fully saturated rings. The number of nitrogens with two attached hydrogens (primary N) is 1. The van der Waals surface area contributed by atoms with E-state index >= 15 is 0 Å². The van der Waals surface area contributed by atoms with E-state index in [1.807, 2.05) is 24.3 Å². The van der Waals surface area contributed by atoms with Gasteiger partial charge in [-0.25, -0.2) is 0 Å². The highest BCUT2D eigenvalue weighted by atomic mass is 16.1. The molecule has 0 saturated carbocycles. The van der Waals surface area contributed by atoms with Crippen molar-refractivity contribution in [2.45, 2.75) is 31.6 Å². The summed E-state index contributed by atoms with van der Waals surface area (Å²) in [6, 6.07) is 39.7. The smallest absolute Gasteiger partial charge is 0.248 e. The van der Waals surface area contributed by atoms with Gasteiger partial charge in [-0.15, -0.1) is 0 Å². The van der Waals surface area contributed by atoms with Gasteiger partial charge in [-0.1, -0.05) is 84.9 Å². The van der Waals surface area contributed by atoms with Crippen LogP contribution in [0, 0.1) is 0 Å². The van der Waals surface area contributed by atoms with Crippen molar-refractivity contribution in [1.82, 2.24) is 4.90 Å². The van der Waals surface area contributed by atoms with E-state index in [1.54, 1.807) is 5.56 Å². The van der Waals surface area contributed by atoms with Crippen molar-refractivity contribution < 1.29 is 4.79 Å². The molecule has 6 aromatic rings. The minimum Gasteiger partial charge on any atom is -0.369 e. The topological polar surface area (TPSA) is 49.6 Å². The largest absolute Gasteiger partial charge is 0.369 e. The number of primary amides is 1. The van der Waals surface area contributed by atoms with Crippen molar-refractivity contribution in [1.29, 1.82) is 0 Å². The Kier molecular flexibility index (Phi) is 7.23. The summed E-state index contributed by atoms with van der Waals surface area (Å²) in [6.45, 7) is 5.08. The number of amides is 1. The summed E-state index contributed by atoms with van der Waals surface area (Å²) in [5.74, 6) is 0.0438. The molecule has 1 aliphatic carbocycles. The zero-order chi connectivity index (χ0) is 30.3. The summed E-state index contributed by atoms with van der Waals surface area (Å²) < 4.78 is 0. The molecule has 0 spiro atoms. The average molecular weight is 590 g/mol. The quantitative estimate of drug-likeness (QED) is 0.200. The van der Waals surface area contributed by atoms with Crippen LogP contribution < -0.4 is 10.6 Å². The van der Waals surface area contributed by atoms with Crippen LogP contribution in [0.1, 0.15) is 51.4 Å². The molecule has 0 bridgehead atoms. The molecule has 1 amide bonds. The molecule has 0 radical (unpaired) electrons. The lowest BCUT2D eigenvalue weighted by atomic mass is 9.75. The first kappa shape index (κ1) is 27.8. The number of rotatable bonds is 6. The molecule has 8 rings (SSSR count). The Morgan fingerprint density at radius 2 is 1.33 bits per heavy atom. The number of anilines is 1. The molecule has 1 heterocycles. The number of fused-ring (bicyclic) bond motifs is 6. The van der Waals surface area contributed by atoms with E-state index in [0.717, 1.165) is 51.3 Å². The van der Waals surface area contributed by atoms with E-state index in [2.05, 4.69) is 94.7 Å². The van der Waals surface area contributed by atoms with E-state index in [-0.39, 0.29) is 5.91 Å². The lowest BCUT2D eigenvalue weighted by Crippen LogP contribution is -2.47. The maximum absolute atomic E-state index is 11.5. The highest BCUT2D eigenvalue weighted by Gasteiger charge is 2.27. The lowest BCUT2D eigenvalue weighted by molar-refractivity contribution is 0.100. The standard InChI is InChI=1S/C41H39N3O/c42-41(45)30-12-16-31(17-13-30)44-26-24-43(25-27-44)23-22-40-33-9-4-2-7-29(33)15-19-38(40)35-11-5-10-34-37-18-14-28-6-1-3-8-32(28)36(37)20-21-39(34)35/h1-4,6-9,12-21,35H,5,10-11,22-27H2,(H2,42,45). The van der Waals surface area contributed by atoms with E-state index in [0.29, 0.717) is 11.5 Å². The number of benzene rings is 6. The Hall–Kier alpha value is -4.67. The first-order valence-corrected chi connectivity index (χ1v) is 16.4. The Morgan fingerprint density at radius 3 is 2.11 bits per heavy atom. The average Bonchev–Trinajstić information content (AvgIpc) is 3.10. The van der Waals surface area contributed by atoms with E-state index < -0.39 is 0 Å². The minimum atomic E-state index is -0.377. The molecule has 224 valence electrons. The van der Waals surface area contributed by atoms with Crippen LogP contribution in [-0.4, -0.2) is 43.5 Å². The molecule has 4 nitrogen and oxygen atoms in total. The normalized spacial score (nSPS) is 17.2. The molecule has 1 unspecified atom stereocenters. The van der Waals surface area contributed by atoms with Crippen molar-refractivity contribution in [3.05, 3.63) is 137 Å². The number of nitrogens with zero attached hydrogens (tertiary/aromatic N) is 2. The van der Waals surface area contributed by atoms with Gasteiger partial charge in [0.2, 0.25) is 5.91 Å². The molecule has 2 N–H and O–H groups in total. The van der Waals surface area contributed by atoms with Crippen LogP contribution in [0.4, 0.5) is 5.69 Å². The molecule has 2 aliphatic rings. The van der Waals surface area contributed by atoms with Crippen molar-refractivity contribution in [2.24, 2.45) is 5.73 Å².